The second-order valence-corrected chi connectivity index (χ2v) is 9.34. The Hall–Kier alpha value is -1.16. The minimum Gasteiger partial charge on any atom is -0.356 e. The molecule has 4 aliphatic rings. The Morgan fingerprint density at radius 2 is 1.65 bits per heavy atom. The molecular weight excluding hydrogens is 505 g/mol. The van der Waals surface area contributed by atoms with Gasteiger partial charge in [-0.15, -0.1) is 24.0 Å². The van der Waals surface area contributed by atoms with Gasteiger partial charge in [0.25, 0.3) is 0 Å². The van der Waals surface area contributed by atoms with E-state index in [9.17, 15) is 9.59 Å². The zero-order valence-corrected chi connectivity index (χ0v) is 21.2. The molecule has 174 valence electrons. The Balaban J connectivity index is 0.00000272. The third-order valence-corrected chi connectivity index (χ3v) is 7.49. The molecule has 5 atom stereocenters. The number of nitrogens with zero attached hydrogens (tertiary/aromatic N) is 3. The number of allylic oxidation sites excluding steroid dienone is 2. The Morgan fingerprint density at radius 1 is 1.03 bits per heavy atom. The fourth-order valence-electron chi connectivity index (χ4n) is 5.83. The fourth-order valence-corrected chi connectivity index (χ4v) is 5.83. The van der Waals surface area contributed by atoms with Gasteiger partial charge in [-0.2, -0.15) is 0 Å². The standard InChI is InChI=1S/C23H37N5O2.HI/c1-16-7-3-4-12-27(16)13-5-10-25-23(24-2)26-11-6-14-28-21(29)19-17-8-9-18(15-17)20(19)22(28)30;/h8-9,16-20H,3-7,10-15H2,1-2H3,(H2,24,25,26);1H. The van der Waals surface area contributed by atoms with Crippen molar-refractivity contribution in [1.29, 1.82) is 0 Å². The lowest BCUT2D eigenvalue weighted by Crippen LogP contribution is -2.42. The van der Waals surface area contributed by atoms with Gasteiger partial charge in [-0.1, -0.05) is 18.6 Å². The fraction of sp³-hybridized carbons (Fsp3) is 0.783. The van der Waals surface area contributed by atoms with Crippen molar-refractivity contribution in [2.45, 2.75) is 51.5 Å². The van der Waals surface area contributed by atoms with Crippen LogP contribution in [0.1, 0.15) is 45.4 Å². The van der Waals surface area contributed by atoms with Crippen molar-refractivity contribution in [3.63, 3.8) is 0 Å². The van der Waals surface area contributed by atoms with Crippen molar-refractivity contribution < 1.29 is 9.59 Å². The maximum Gasteiger partial charge on any atom is 0.233 e. The van der Waals surface area contributed by atoms with Crippen LogP contribution in [0.3, 0.4) is 0 Å². The minimum atomic E-state index is -0.0856. The summed E-state index contributed by atoms with van der Waals surface area (Å²) in [5.41, 5.74) is 0. The molecule has 0 aromatic rings. The van der Waals surface area contributed by atoms with E-state index in [-0.39, 0.29) is 59.5 Å². The summed E-state index contributed by atoms with van der Waals surface area (Å²) in [4.78, 5) is 33.8. The highest BCUT2D eigenvalue weighted by Gasteiger charge is 2.58. The molecule has 2 aliphatic heterocycles. The number of carbonyl (C=O) groups excluding carboxylic acids is 2. The van der Waals surface area contributed by atoms with Crippen molar-refractivity contribution in [3.05, 3.63) is 12.2 Å². The van der Waals surface area contributed by atoms with Crippen LogP contribution in [0.2, 0.25) is 0 Å². The van der Waals surface area contributed by atoms with Crippen LogP contribution in [0.4, 0.5) is 0 Å². The van der Waals surface area contributed by atoms with E-state index in [1.807, 2.05) is 0 Å². The van der Waals surface area contributed by atoms with E-state index in [4.69, 9.17) is 0 Å². The highest BCUT2D eigenvalue weighted by molar-refractivity contribution is 14.0. The minimum absolute atomic E-state index is 0. The molecule has 2 amide bonds. The van der Waals surface area contributed by atoms with Crippen molar-refractivity contribution >= 4 is 41.8 Å². The van der Waals surface area contributed by atoms with Crippen LogP contribution >= 0.6 is 24.0 Å². The van der Waals surface area contributed by atoms with Gasteiger partial charge in [0, 0.05) is 39.3 Å². The first kappa shape index (κ1) is 24.5. The number of piperidine rings is 1. The summed E-state index contributed by atoms with van der Waals surface area (Å²) in [5.74, 6) is 1.30. The molecule has 2 saturated heterocycles. The zero-order chi connectivity index (χ0) is 21.1. The SMILES string of the molecule is CN=C(NCCCN1C(=O)C2C3C=CC(C3)C2C1=O)NCCCN1CCCCC1C.I. The number of likely N-dealkylation sites (tertiary alicyclic amines) is 2. The largest absolute Gasteiger partial charge is 0.356 e. The van der Waals surface area contributed by atoms with Gasteiger partial charge in [0.15, 0.2) is 5.96 Å². The summed E-state index contributed by atoms with van der Waals surface area (Å²) in [6, 6.07) is 0.706. The monoisotopic (exact) mass is 543 g/mol. The summed E-state index contributed by atoms with van der Waals surface area (Å²) < 4.78 is 0. The lowest BCUT2D eigenvalue weighted by atomic mass is 9.85. The number of nitrogens with one attached hydrogen (secondary N) is 2. The maximum absolute atomic E-state index is 12.7. The van der Waals surface area contributed by atoms with E-state index in [1.165, 1.54) is 30.7 Å². The van der Waals surface area contributed by atoms with Crippen LogP contribution in [-0.4, -0.2) is 73.4 Å². The lowest BCUT2D eigenvalue weighted by molar-refractivity contribution is -0.140. The molecule has 8 heteroatoms. The smallest absolute Gasteiger partial charge is 0.233 e. The molecule has 4 rings (SSSR count). The van der Waals surface area contributed by atoms with Gasteiger partial charge in [0.2, 0.25) is 11.8 Å². The first-order valence-electron chi connectivity index (χ1n) is 11.8. The van der Waals surface area contributed by atoms with Gasteiger partial charge >= 0.3 is 0 Å². The molecule has 3 fully saturated rings. The average molecular weight is 543 g/mol. The Bertz CT molecular complexity index is 682. The number of hydrogen-bond donors (Lipinski definition) is 2. The van der Waals surface area contributed by atoms with Crippen molar-refractivity contribution in [3.8, 4) is 0 Å². The van der Waals surface area contributed by atoms with Gasteiger partial charge < -0.3 is 15.5 Å². The van der Waals surface area contributed by atoms with Gasteiger partial charge in [0.05, 0.1) is 11.8 Å². The van der Waals surface area contributed by atoms with Crippen molar-refractivity contribution in [1.82, 2.24) is 20.4 Å². The molecule has 0 aromatic heterocycles. The van der Waals surface area contributed by atoms with Gasteiger partial charge in [-0.3, -0.25) is 19.5 Å². The number of hydrogen-bond acceptors (Lipinski definition) is 4. The van der Waals surface area contributed by atoms with E-state index in [0.717, 1.165) is 38.3 Å². The van der Waals surface area contributed by atoms with Crippen LogP contribution in [0.25, 0.3) is 0 Å². The van der Waals surface area contributed by atoms with Gasteiger partial charge in [-0.05, 0) is 57.4 Å². The first-order chi connectivity index (χ1) is 14.6. The highest BCUT2D eigenvalue weighted by Crippen LogP contribution is 2.52. The number of guanidine groups is 1. The molecule has 2 N–H and O–H groups in total. The maximum atomic E-state index is 12.7. The van der Waals surface area contributed by atoms with E-state index in [1.54, 1.807) is 7.05 Å². The predicted molar refractivity (Wildman–Crippen MR) is 133 cm³/mol. The quantitative estimate of drug-likeness (QED) is 0.123. The van der Waals surface area contributed by atoms with E-state index in [0.29, 0.717) is 19.1 Å². The van der Waals surface area contributed by atoms with Crippen LogP contribution in [-0.2, 0) is 9.59 Å². The summed E-state index contributed by atoms with van der Waals surface area (Å²) in [7, 11) is 1.78. The summed E-state index contributed by atoms with van der Waals surface area (Å²) in [6.07, 6.45) is 11.1. The summed E-state index contributed by atoms with van der Waals surface area (Å²) >= 11 is 0. The molecule has 5 unspecified atom stereocenters. The van der Waals surface area contributed by atoms with E-state index < -0.39 is 0 Å². The van der Waals surface area contributed by atoms with Crippen LogP contribution in [0.5, 0.6) is 0 Å². The molecule has 1 saturated carbocycles. The third kappa shape index (κ3) is 5.26. The number of carbonyl (C=O) groups is 2. The molecule has 7 nitrogen and oxygen atoms in total. The predicted octanol–water partition coefficient (Wildman–Crippen LogP) is 2.23. The van der Waals surface area contributed by atoms with Gasteiger partial charge in [-0.25, -0.2) is 0 Å². The van der Waals surface area contributed by atoms with E-state index >= 15 is 0 Å². The topological polar surface area (TPSA) is 77.0 Å². The molecular formula is C23H38IN5O2. The number of amides is 2. The van der Waals surface area contributed by atoms with Gasteiger partial charge in [0.1, 0.15) is 0 Å². The molecule has 0 aromatic carbocycles. The summed E-state index contributed by atoms with van der Waals surface area (Å²) in [6.45, 7) is 6.77. The Labute approximate surface area is 203 Å². The Kier molecular flexibility index (Phi) is 8.78. The number of fused-ring (bicyclic) bond motifs is 5. The number of halogens is 1. The molecule has 2 aliphatic carbocycles. The summed E-state index contributed by atoms with van der Waals surface area (Å²) in [5, 5.41) is 6.69. The molecule has 2 heterocycles. The van der Waals surface area contributed by atoms with E-state index in [2.05, 4.69) is 39.6 Å². The molecule has 0 spiro atoms. The second-order valence-electron chi connectivity index (χ2n) is 9.34. The van der Waals surface area contributed by atoms with Crippen LogP contribution in [0, 0.1) is 23.7 Å². The third-order valence-electron chi connectivity index (χ3n) is 7.49. The van der Waals surface area contributed by atoms with Crippen molar-refractivity contribution in [2.75, 3.05) is 39.8 Å². The number of aliphatic imine (C=N–C) groups is 1. The first-order valence-corrected chi connectivity index (χ1v) is 11.8. The second kappa shape index (κ2) is 11.1. The van der Waals surface area contributed by atoms with Crippen LogP contribution < -0.4 is 10.6 Å². The lowest BCUT2D eigenvalue weighted by Gasteiger charge is -2.33. The molecule has 31 heavy (non-hydrogen) atoms. The van der Waals surface area contributed by atoms with Crippen molar-refractivity contribution in [2.24, 2.45) is 28.7 Å². The normalized spacial score (nSPS) is 32.4. The molecule has 2 bridgehead atoms. The molecule has 0 radical (unpaired) electrons. The number of imide groups is 1. The highest BCUT2D eigenvalue weighted by atomic mass is 127. The van der Waals surface area contributed by atoms with Crippen LogP contribution in [0.15, 0.2) is 17.1 Å². The average Bonchev–Trinajstić information content (AvgIpc) is 3.43. The zero-order valence-electron chi connectivity index (χ0n) is 18.9. The Morgan fingerprint density at radius 3 is 2.23 bits per heavy atom. The number of rotatable bonds is 8.